The molecule has 186 valence electrons. The van der Waals surface area contributed by atoms with E-state index in [0.717, 1.165) is 6.21 Å². The summed E-state index contributed by atoms with van der Waals surface area (Å²) in [6.07, 6.45) is -3.82. The van der Waals surface area contributed by atoms with Crippen LogP contribution in [0.3, 0.4) is 0 Å². The number of oxime groups is 1. The average Bonchev–Trinajstić information content (AvgIpc) is 3.32. The highest BCUT2D eigenvalue weighted by Gasteiger charge is 2.38. The third kappa shape index (κ3) is 5.73. The molecule has 0 aliphatic heterocycles. The van der Waals surface area contributed by atoms with E-state index in [4.69, 9.17) is 0 Å². The van der Waals surface area contributed by atoms with Gasteiger partial charge in [0.2, 0.25) is 11.6 Å². The largest absolute Gasteiger partial charge is 0.471 e. The van der Waals surface area contributed by atoms with Gasteiger partial charge in [-0.05, 0) is 19.1 Å². The van der Waals surface area contributed by atoms with Crippen molar-refractivity contribution in [1.82, 2.24) is 15.5 Å². The molecule has 1 heterocycles. The van der Waals surface area contributed by atoms with Crippen LogP contribution < -0.4 is 5.32 Å². The van der Waals surface area contributed by atoms with Gasteiger partial charge in [0, 0.05) is 11.1 Å². The van der Waals surface area contributed by atoms with E-state index < -0.39 is 65.3 Å². The van der Waals surface area contributed by atoms with Crippen molar-refractivity contribution in [2.24, 2.45) is 5.16 Å². The molecule has 0 bridgehead atoms. The molecular weight excluding hydrogens is 496 g/mol. The molecule has 0 fully saturated rings. The first kappa shape index (κ1) is 25.6. The number of hydrogen-bond donors (Lipinski definition) is 1. The molecule has 1 unspecified atom stereocenters. The minimum absolute atomic E-state index is 0.0934. The van der Waals surface area contributed by atoms with Crippen LogP contribution in [0, 0.1) is 29.1 Å². The van der Waals surface area contributed by atoms with Crippen LogP contribution in [0.5, 0.6) is 0 Å². The first-order valence-corrected chi connectivity index (χ1v) is 9.38. The summed E-state index contributed by atoms with van der Waals surface area (Å²) in [5.74, 6) is -13.2. The lowest BCUT2D eigenvalue weighted by atomic mass is 10.1. The van der Waals surface area contributed by atoms with Gasteiger partial charge < -0.3 is 14.7 Å². The number of hydrogen-bond acceptors (Lipinski definition) is 6. The lowest BCUT2D eigenvalue weighted by Crippen LogP contribution is -2.33. The van der Waals surface area contributed by atoms with Crippen molar-refractivity contribution in [2.45, 2.75) is 25.7 Å². The van der Waals surface area contributed by atoms with Crippen LogP contribution in [-0.4, -0.2) is 28.3 Å². The predicted molar refractivity (Wildman–Crippen MR) is 101 cm³/mol. The number of amides is 1. The summed E-state index contributed by atoms with van der Waals surface area (Å²) in [4.78, 5) is 20.0. The van der Waals surface area contributed by atoms with Crippen LogP contribution in [0.4, 0.5) is 35.1 Å². The van der Waals surface area contributed by atoms with Gasteiger partial charge in [-0.3, -0.25) is 4.79 Å². The second-order valence-electron chi connectivity index (χ2n) is 6.84. The second kappa shape index (κ2) is 10.1. The van der Waals surface area contributed by atoms with E-state index in [2.05, 4.69) is 30.0 Å². The van der Waals surface area contributed by atoms with Crippen LogP contribution >= 0.6 is 0 Å². The van der Waals surface area contributed by atoms with E-state index >= 15 is 0 Å². The molecule has 0 aliphatic rings. The average molecular weight is 508 g/mol. The summed E-state index contributed by atoms with van der Waals surface area (Å²) in [5, 5.41) is 8.98. The van der Waals surface area contributed by atoms with E-state index in [9.17, 15) is 39.9 Å². The number of carbonyl (C=O) groups is 1. The molecule has 2 aromatic carbocycles. The van der Waals surface area contributed by atoms with E-state index in [1.54, 1.807) is 0 Å². The standard InChI is InChI=1S/C20H12F8N4O3/c1-8(6-29-34-7-11-12(21)14(23)16(25)15(24)13(11)22)30-18(33)10-4-2-9(3-5-10)17-31-19(35-32-17)20(26,27)28/h2-6,8H,7H2,1H3,(H,30,33). The fourth-order valence-corrected chi connectivity index (χ4v) is 2.57. The third-order valence-corrected chi connectivity index (χ3v) is 4.30. The Balaban J connectivity index is 1.57. The highest BCUT2D eigenvalue weighted by Crippen LogP contribution is 2.29. The third-order valence-electron chi connectivity index (χ3n) is 4.30. The van der Waals surface area contributed by atoms with Gasteiger partial charge in [-0.2, -0.15) is 18.2 Å². The van der Waals surface area contributed by atoms with Crippen LogP contribution in [0.2, 0.25) is 0 Å². The van der Waals surface area contributed by atoms with E-state index in [-0.39, 0.29) is 17.0 Å². The smallest absolute Gasteiger partial charge is 0.391 e. The maximum atomic E-state index is 13.6. The molecular formula is C20H12F8N4O3. The Morgan fingerprint density at radius 2 is 1.63 bits per heavy atom. The number of halogens is 8. The number of aromatic nitrogens is 2. The molecule has 3 rings (SSSR count). The Morgan fingerprint density at radius 3 is 2.17 bits per heavy atom. The minimum Gasteiger partial charge on any atom is -0.391 e. The van der Waals surface area contributed by atoms with Crippen molar-refractivity contribution in [3.8, 4) is 11.4 Å². The lowest BCUT2D eigenvalue weighted by Gasteiger charge is -2.10. The summed E-state index contributed by atoms with van der Waals surface area (Å²) in [6.45, 7) is 0.353. The highest BCUT2D eigenvalue weighted by atomic mass is 19.4. The quantitative estimate of drug-likeness (QED) is 0.163. The summed E-state index contributed by atoms with van der Waals surface area (Å²) in [7, 11) is 0. The van der Waals surface area contributed by atoms with Gasteiger partial charge >= 0.3 is 12.1 Å². The summed E-state index contributed by atoms with van der Waals surface area (Å²) in [5.41, 5.74) is -0.980. The van der Waals surface area contributed by atoms with Gasteiger partial charge in [0.25, 0.3) is 5.91 Å². The van der Waals surface area contributed by atoms with Crippen LogP contribution in [0.1, 0.15) is 28.7 Å². The number of benzene rings is 2. The normalized spacial score (nSPS) is 12.7. The molecule has 7 nitrogen and oxygen atoms in total. The highest BCUT2D eigenvalue weighted by molar-refractivity contribution is 5.96. The summed E-state index contributed by atoms with van der Waals surface area (Å²) < 4.78 is 108. The Hall–Kier alpha value is -4.04. The van der Waals surface area contributed by atoms with Gasteiger partial charge in [0.15, 0.2) is 23.3 Å². The van der Waals surface area contributed by atoms with Crippen molar-refractivity contribution < 1.29 is 49.3 Å². The molecule has 1 amide bonds. The van der Waals surface area contributed by atoms with Crippen molar-refractivity contribution in [3.05, 3.63) is 70.4 Å². The Kier molecular flexibility index (Phi) is 7.36. The molecule has 1 N–H and O–H groups in total. The number of rotatable bonds is 7. The minimum atomic E-state index is -4.81. The molecule has 0 saturated carbocycles. The Morgan fingerprint density at radius 1 is 1.06 bits per heavy atom. The van der Waals surface area contributed by atoms with Crippen LogP contribution in [-0.2, 0) is 17.6 Å². The van der Waals surface area contributed by atoms with E-state index in [1.807, 2.05) is 0 Å². The maximum absolute atomic E-state index is 13.6. The van der Waals surface area contributed by atoms with Gasteiger partial charge in [-0.15, -0.1) is 0 Å². The number of nitrogens with zero attached hydrogens (tertiary/aromatic N) is 3. The zero-order valence-corrected chi connectivity index (χ0v) is 17.3. The zero-order valence-electron chi connectivity index (χ0n) is 17.3. The molecule has 3 aromatic rings. The fraction of sp³-hybridized carbons (Fsp3) is 0.200. The van der Waals surface area contributed by atoms with E-state index in [0.29, 0.717) is 0 Å². The van der Waals surface area contributed by atoms with Crippen molar-refractivity contribution in [3.63, 3.8) is 0 Å². The summed E-state index contributed by atoms with van der Waals surface area (Å²) in [6, 6.07) is 4.30. The van der Waals surface area contributed by atoms with Gasteiger partial charge in [-0.1, -0.05) is 22.4 Å². The molecule has 0 aliphatic carbocycles. The zero-order chi connectivity index (χ0) is 25.9. The molecule has 1 atom stereocenters. The molecule has 15 heteroatoms. The Labute approximate surface area is 190 Å². The first-order chi connectivity index (χ1) is 16.4. The molecule has 0 radical (unpaired) electrons. The van der Waals surface area contributed by atoms with Crippen LogP contribution in [0.25, 0.3) is 11.4 Å². The number of nitrogens with one attached hydrogen (secondary N) is 1. The maximum Gasteiger partial charge on any atom is 0.471 e. The van der Waals surface area contributed by atoms with E-state index in [1.165, 1.54) is 31.2 Å². The molecule has 0 spiro atoms. The van der Waals surface area contributed by atoms with Crippen molar-refractivity contribution >= 4 is 12.1 Å². The lowest BCUT2D eigenvalue weighted by molar-refractivity contribution is -0.159. The molecule has 35 heavy (non-hydrogen) atoms. The monoisotopic (exact) mass is 508 g/mol. The van der Waals surface area contributed by atoms with Crippen molar-refractivity contribution in [1.29, 1.82) is 0 Å². The van der Waals surface area contributed by atoms with Crippen LogP contribution in [0.15, 0.2) is 33.9 Å². The number of alkyl halides is 3. The van der Waals surface area contributed by atoms with Gasteiger partial charge in [0.1, 0.15) is 6.61 Å². The molecule has 1 aromatic heterocycles. The van der Waals surface area contributed by atoms with Gasteiger partial charge in [0.05, 0.1) is 17.8 Å². The fourth-order valence-electron chi connectivity index (χ4n) is 2.57. The second-order valence-corrected chi connectivity index (χ2v) is 6.84. The van der Waals surface area contributed by atoms with Gasteiger partial charge in [-0.25, -0.2) is 22.0 Å². The Bertz CT molecular complexity index is 1230. The topological polar surface area (TPSA) is 89.6 Å². The summed E-state index contributed by atoms with van der Waals surface area (Å²) >= 11 is 0. The predicted octanol–water partition coefficient (Wildman–Crippen LogP) is 4.77. The first-order valence-electron chi connectivity index (χ1n) is 9.38. The SMILES string of the molecule is CC(C=NOCc1c(F)c(F)c(F)c(F)c1F)NC(=O)c1ccc(-c2noc(C(F)(F)F)n2)cc1. The number of carbonyl (C=O) groups excluding carboxylic acids is 1. The van der Waals surface area contributed by atoms with Crippen molar-refractivity contribution in [2.75, 3.05) is 0 Å². The molecule has 0 saturated heterocycles.